The lowest BCUT2D eigenvalue weighted by atomic mass is 9.97. The summed E-state index contributed by atoms with van der Waals surface area (Å²) in [6, 6.07) is 8.16. The van der Waals surface area contributed by atoms with Gasteiger partial charge in [0.2, 0.25) is 0 Å². The molecule has 33 heavy (non-hydrogen) atoms. The van der Waals surface area contributed by atoms with Crippen LogP contribution in [0.15, 0.2) is 44.6 Å². The molecule has 0 saturated carbocycles. The first kappa shape index (κ1) is 22.1. The number of benzene rings is 1. The molecular formula is C24H31N5O4. The summed E-state index contributed by atoms with van der Waals surface area (Å²) in [4.78, 5) is 31.1. The lowest BCUT2D eigenvalue weighted by Crippen LogP contribution is -2.57. The molecule has 0 spiro atoms. The van der Waals surface area contributed by atoms with Crippen molar-refractivity contribution < 1.29 is 9.26 Å². The number of rotatable bonds is 5. The molecule has 0 aliphatic carbocycles. The highest BCUT2D eigenvalue weighted by Crippen LogP contribution is 2.26. The third-order valence-corrected chi connectivity index (χ3v) is 6.97. The van der Waals surface area contributed by atoms with E-state index < -0.39 is 11.2 Å². The standard InChI is InChI=1S/C24H31N5O4/c1-16-12-27(14-18-6-9-32-10-7-18)13-17(2)29(16)15-19-3-4-21-20(11-19)23(26-33-21)28-8-5-22(30)25-24(28)31/h3-5,8,11,16-18H,6-7,9-10,12-15H2,1-2H3,(H,25,30,31)/t16-,17+. The number of hydrogen-bond acceptors (Lipinski definition) is 7. The normalized spacial score (nSPS) is 23.3. The Labute approximate surface area is 191 Å². The van der Waals surface area contributed by atoms with E-state index in [2.05, 4.69) is 39.9 Å². The Morgan fingerprint density at radius 2 is 1.85 bits per heavy atom. The van der Waals surface area contributed by atoms with Gasteiger partial charge in [0.1, 0.15) is 0 Å². The maximum Gasteiger partial charge on any atom is 0.334 e. The molecule has 9 heteroatoms. The molecule has 1 N–H and O–H groups in total. The number of aromatic nitrogens is 3. The zero-order chi connectivity index (χ0) is 22.9. The average Bonchev–Trinajstić information content (AvgIpc) is 3.20. The van der Waals surface area contributed by atoms with Gasteiger partial charge >= 0.3 is 5.69 Å². The van der Waals surface area contributed by atoms with Gasteiger partial charge in [0.25, 0.3) is 5.56 Å². The molecule has 5 rings (SSSR count). The van der Waals surface area contributed by atoms with Gasteiger partial charge in [0.15, 0.2) is 11.4 Å². The van der Waals surface area contributed by atoms with Crippen molar-refractivity contribution in [3.05, 3.63) is 56.9 Å². The average molecular weight is 454 g/mol. The molecule has 176 valence electrons. The molecule has 0 bridgehead atoms. The first-order valence-electron chi connectivity index (χ1n) is 11.7. The smallest absolute Gasteiger partial charge is 0.334 e. The molecule has 0 unspecified atom stereocenters. The highest BCUT2D eigenvalue weighted by molar-refractivity contribution is 5.84. The van der Waals surface area contributed by atoms with Gasteiger partial charge in [0.05, 0.1) is 5.39 Å². The van der Waals surface area contributed by atoms with E-state index in [1.807, 2.05) is 12.1 Å². The van der Waals surface area contributed by atoms with Crippen LogP contribution in [-0.2, 0) is 11.3 Å². The fourth-order valence-corrected chi connectivity index (χ4v) is 5.26. The highest BCUT2D eigenvalue weighted by atomic mass is 16.5. The van der Waals surface area contributed by atoms with Crippen molar-refractivity contribution in [1.29, 1.82) is 0 Å². The van der Waals surface area contributed by atoms with Crippen LogP contribution in [0.4, 0.5) is 0 Å². The van der Waals surface area contributed by atoms with Crippen LogP contribution in [0.25, 0.3) is 16.8 Å². The Morgan fingerprint density at radius 1 is 1.09 bits per heavy atom. The van der Waals surface area contributed by atoms with E-state index in [-0.39, 0.29) is 0 Å². The van der Waals surface area contributed by atoms with Crippen LogP contribution in [0, 0.1) is 5.92 Å². The Hall–Kier alpha value is -2.75. The third-order valence-electron chi connectivity index (χ3n) is 6.97. The molecule has 2 aliphatic rings. The van der Waals surface area contributed by atoms with Gasteiger partial charge in [-0.3, -0.25) is 19.6 Å². The number of nitrogens with zero attached hydrogens (tertiary/aromatic N) is 4. The van der Waals surface area contributed by atoms with Crippen molar-refractivity contribution in [3.63, 3.8) is 0 Å². The second kappa shape index (κ2) is 9.24. The number of piperazine rings is 1. The van der Waals surface area contributed by atoms with Gasteiger partial charge in [-0.05, 0) is 50.3 Å². The molecule has 4 heterocycles. The maximum atomic E-state index is 12.2. The molecule has 0 radical (unpaired) electrons. The molecule has 2 saturated heterocycles. The molecule has 3 aromatic rings. The van der Waals surface area contributed by atoms with E-state index in [0.717, 1.165) is 56.3 Å². The molecule has 2 fully saturated rings. The van der Waals surface area contributed by atoms with Crippen molar-refractivity contribution in [2.45, 2.75) is 45.3 Å². The van der Waals surface area contributed by atoms with Crippen molar-refractivity contribution >= 4 is 11.0 Å². The summed E-state index contributed by atoms with van der Waals surface area (Å²) in [6.45, 7) is 10.5. The number of H-pyrrole nitrogens is 1. The molecular weight excluding hydrogens is 422 g/mol. The summed E-state index contributed by atoms with van der Waals surface area (Å²) in [6.07, 6.45) is 3.76. The second-order valence-corrected chi connectivity index (χ2v) is 9.46. The number of ether oxygens (including phenoxy) is 1. The van der Waals surface area contributed by atoms with Crippen LogP contribution in [0.2, 0.25) is 0 Å². The Bertz CT molecular complexity index is 1210. The molecule has 1 aromatic carbocycles. The monoisotopic (exact) mass is 453 g/mol. The summed E-state index contributed by atoms with van der Waals surface area (Å²) in [7, 11) is 0. The van der Waals surface area contributed by atoms with Crippen molar-refractivity contribution in [3.8, 4) is 5.82 Å². The van der Waals surface area contributed by atoms with E-state index >= 15 is 0 Å². The van der Waals surface area contributed by atoms with E-state index in [9.17, 15) is 9.59 Å². The SMILES string of the molecule is C[C@@H]1CN(CC2CCOCC2)C[C@H](C)N1Cc1ccc2onc(-n3ccc(=O)[nH]c3=O)c2c1. The van der Waals surface area contributed by atoms with Gasteiger partial charge in [-0.1, -0.05) is 11.2 Å². The van der Waals surface area contributed by atoms with E-state index in [1.54, 1.807) is 0 Å². The summed E-state index contributed by atoms with van der Waals surface area (Å²) < 4.78 is 12.2. The van der Waals surface area contributed by atoms with Gasteiger partial charge in [-0.2, -0.15) is 0 Å². The molecule has 2 atom stereocenters. The predicted octanol–water partition coefficient (Wildman–Crippen LogP) is 1.99. The minimum atomic E-state index is -0.536. The second-order valence-electron chi connectivity index (χ2n) is 9.46. The number of nitrogens with one attached hydrogen (secondary N) is 1. The van der Waals surface area contributed by atoms with Crippen LogP contribution in [0.5, 0.6) is 0 Å². The van der Waals surface area contributed by atoms with E-state index in [1.165, 1.54) is 29.7 Å². The van der Waals surface area contributed by atoms with Crippen molar-refractivity contribution in [2.75, 3.05) is 32.8 Å². The van der Waals surface area contributed by atoms with Crippen LogP contribution in [0.3, 0.4) is 0 Å². The fourth-order valence-electron chi connectivity index (χ4n) is 5.26. The minimum Gasteiger partial charge on any atom is -0.381 e. The van der Waals surface area contributed by atoms with Crippen LogP contribution >= 0.6 is 0 Å². The Morgan fingerprint density at radius 3 is 2.58 bits per heavy atom. The lowest BCUT2D eigenvalue weighted by Gasteiger charge is -2.45. The Balaban J connectivity index is 1.32. The van der Waals surface area contributed by atoms with Gasteiger partial charge in [-0.15, -0.1) is 0 Å². The quantitative estimate of drug-likeness (QED) is 0.631. The first-order valence-corrected chi connectivity index (χ1v) is 11.7. The summed E-state index contributed by atoms with van der Waals surface area (Å²) in [5, 5.41) is 4.83. The summed E-state index contributed by atoms with van der Waals surface area (Å²) >= 11 is 0. The largest absolute Gasteiger partial charge is 0.381 e. The topological polar surface area (TPSA) is 96.6 Å². The van der Waals surface area contributed by atoms with Gasteiger partial charge in [0, 0.05) is 63.7 Å². The van der Waals surface area contributed by atoms with Gasteiger partial charge < -0.3 is 9.26 Å². The zero-order valence-electron chi connectivity index (χ0n) is 19.2. The third kappa shape index (κ3) is 4.66. The van der Waals surface area contributed by atoms with Gasteiger partial charge in [-0.25, -0.2) is 9.36 Å². The predicted molar refractivity (Wildman–Crippen MR) is 125 cm³/mol. The van der Waals surface area contributed by atoms with Crippen LogP contribution < -0.4 is 11.2 Å². The van der Waals surface area contributed by atoms with Crippen molar-refractivity contribution in [1.82, 2.24) is 24.5 Å². The lowest BCUT2D eigenvalue weighted by molar-refractivity contribution is 0.00643. The molecule has 0 amide bonds. The van der Waals surface area contributed by atoms with Crippen LogP contribution in [0.1, 0.15) is 32.3 Å². The minimum absolute atomic E-state index is 0.385. The molecule has 2 aromatic heterocycles. The fraction of sp³-hybridized carbons (Fsp3) is 0.542. The van der Waals surface area contributed by atoms with E-state index in [0.29, 0.717) is 23.5 Å². The highest BCUT2D eigenvalue weighted by Gasteiger charge is 2.31. The zero-order valence-corrected chi connectivity index (χ0v) is 19.2. The number of hydrogen-bond donors (Lipinski definition) is 1. The molecule has 9 nitrogen and oxygen atoms in total. The van der Waals surface area contributed by atoms with E-state index in [4.69, 9.17) is 9.26 Å². The van der Waals surface area contributed by atoms with Crippen molar-refractivity contribution in [2.24, 2.45) is 5.92 Å². The summed E-state index contributed by atoms with van der Waals surface area (Å²) in [5.74, 6) is 1.13. The van der Waals surface area contributed by atoms with Crippen LogP contribution in [-0.4, -0.2) is 69.4 Å². The number of aromatic amines is 1. The Kier molecular flexibility index (Phi) is 6.18. The first-order chi connectivity index (χ1) is 16.0. The molecule has 2 aliphatic heterocycles. The maximum absolute atomic E-state index is 12.2. The summed E-state index contributed by atoms with van der Waals surface area (Å²) in [5.41, 5.74) is 0.768. The number of fused-ring (bicyclic) bond motifs is 1.